The predicted molar refractivity (Wildman–Crippen MR) is 91.2 cm³/mol. The lowest BCUT2D eigenvalue weighted by atomic mass is 10.1. The standard InChI is InChI=1S/C18H23N3O3/c1-23-18(22)19-14-16(17-8-5-13-24-17)21-11-9-20(10-12-21)15-6-3-2-4-7-15/h2-8,13,16H,9-12,14H2,1H3,(H,19,22)/p+1/t16-/m0/s1. The molecule has 2 heterocycles. The second kappa shape index (κ2) is 7.88. The molecule has 24 heavy (non-hydrogen) atoms. The highest BCUT2D eigenvalue weighted by atomic mass is 16.5. The number of ether oxygens (including phenoxy) is 1. The zero-order valence-corrected chi connectivity index (χ0v) is 13.9. The van der Waals surface area contributed by atoms with Crippen molar-refractivity contribution in [2.24, 2.45) is 0 Å². The van der Waals surface area contributed by atoms with Crippen molar-refractivity contribution in [1.29, 1.82) is 0 Å². The molecular weight excluding hydrogens is 306 g/mol. The zero-order valence-electron chi connectivity index (χ0n) is 13.9. The number of hydrogen-bond acceptors (Lipinski definition) is 4. The lowest BCUT2D eigenvalue weighted by molar-refractivity contribution is -0.932. The molecule has 1 aromatic heterocycles. The summed E-state index contributed by atoms with van der Waals surface area (Å²) in [6.07, 6.45) is 1.27. The molecule has 2 N–H and O–H groups in total. The topological polar surface area (TPSA) is 59.1 Å². The molecule has 0 radical (unpaired) electrons. The number of carbonyl (C=O) groups is 1. The average molecular weight is 330 g/mol. The first kappa shape index (κ1) is 16.4. The maximum absolute atomic E-state index is 11.4. The average Bonchev–Trinajstić information content (AvgIpc) is 3.17. The number of alkyl carbamates (subject to hydrolysis) is 1. The Labute approximate surface area is 142 Å². The van der Waals surface area contributed by atoms with Gasteiger partial charge in [0.15, 0.2) is 11.8 Å². The van der Waals surface area contributed by atoms with Crippen LogP contribution in [0.5, 0.6) is 0 Å². The minimum absolute atomic E-state index is 0.0945. The molecule has 1 atom stereocenters. The molecule has 0 saturated carbocycles. The minimum Gasteiger partial charge on any atom is -0.463 e. The van der Waals surface area contributed by atoms with Crippen LogP contribution in [-0.2, 0) is 4.74 Å². The van der Waals surface area contributed by atoms with Crippen molar-refractivity contribution in [3.8, 4) is 0 Å². The zero-order chi connectivity index (χ0) is 16.8. The molecule has 6 nitrogen and oxygen atoms in total. The van der Waals surface area contributed by atoms with E-state index in [0.717, 1.165) is 31.9 Å². The second-order valence-electron chi connectivity index (χ2n) is 5.92. The molecule has 1 aliphatic heterocycles. The molecule has 0 aliphatic carbocycles. The Hall–Kier alpha value is -2.47. The van der Waals surface area contributed by atoms with E-state index in [0.29, 0.717) is 6.54 Å². The Bertz CT molecular complexity index is 622. The lowest BCUT2D eigenvalue weighted by Crippen LogP contribution is -3.15. The van der Waals surface area contributed by atoms with Crippen molar-refractivity contribution in [2.45, 2.75) is 6.04 Å². The van der Waals surface area contributed by atoms with Crippen molar-refractivity contribution in [1.82, 2.24) is 5.32 Å². The molecule has 6 heteroatoms. The van der Waals surface area contributed by atoms with Crippen LogP contribution in [0.2, 0.25) is 0 Å². The first-order valence-electron chi connectivity index (χ1n) is 8.27. The Morgan fingerprint density at radius 2 is 2.00 bits per heavy atom. The number of hydrogen-bond donors (Lipinski definition) is 2. The summed E-state index contributed by atoms with van der Waals surface area (Å²) in [5, 5.41) is 2.81. The SMILES string of the molecule is COC(=O)NC[C@@H](c1ccco1)[NH+]1CCN(c2ccccc2)CC1. The quantitative estimate of drug-likeness (QED) is 0.861. The van der Waals surface area contributed by atoms with Gasteiger partial charge in [-0.05, 0) is 24.3 Å². The number of amides is 1. The summed E-state index contributed by atoms with van der Waals surface area (Å²) in [6, 6.07) is 14.4. The number of methoxy groups -OCH3 is 1. The summed E-state index contributed by atoms with van der Waals surface area (Å²) >= 11 is 0. The molecule has 1 aliphatic rings. The van der Waals surface area contributed by atoms with Gasteiger partial charge in [-0.25, -0.2) is 4.79 Å². The van der Waals surface area contributed by atoms with Gasteiger partial charge in [-0.1, -0.05) is 18.2 Å². The van der Waals surface area contributed by atoms with Crippen LogP contribution in [-0.4, -0.2) is 45.9 Å². The number of anilines is 1. The molecule has 0 unspecified atom stereocenters. The predicted octanol–water partition coefficient (Wildman–Crippen LogP) is 1.08. The number of nitrogens with zero attached hydrogens (tertiary/aromatic N) is 1. The van der Waals surface area contributed by atoms with Crippen LogP contribution in [0.15, 0.2) is 53.1 Å². The number of benzene rings is 1. The Morgan fingerprint density at radius 1 is 1.25 bits per heavy atom. The van der Waals surface area contributed by atoms with Gasteiger partial charge in [0.05, 0.1) is 46.1 Å². The van der Waals surface area contributed by atoms with Crippen LogP contribution in [0, 0.1) is 0 Å². The highest BCUT2D eigenvalue weighted by molar-refractivity contribution is 5.66. The fraction of sp³-hybridized carbons (Fsp3) is 0.389. The van der Waals surface area contributed by atoms with Crippen LogP contribution in [0.25, 0.3) is 0 Å². The summed E-state index contributed by atoms with van der Waals surface area (Å²) < 4.78 is 10.3. The van der Waals surface area contributed by atoms with E-state index in [1.807, 2.05) is 18.2 Å². The lowest BCUT2D eigenvalue weighted by Gasteiger charge is -2.37. The van der Waals surface area contributed by atoms with Crippen LogP contribution in [0.3, 0.4) is 0 Å². The molecule has 128 valence electrons. The van der Waals surface area contributed by atoms with Crippen LogP contribution < -0.4 is 15.1 Å². The minimum atomic E-state index is -0.408. The van der Waals surface area contributed by atoms with E-state index in [2.05, 4.69) is 39.2 Å². The van der Waals surface area contributed by atoms with Crippen LogP contribution in [0.4, 0.5) is 10.5 Å². The second-order valence-corrected chi connectivity index (χ2v) is 5.92. The van der Waals surface area contributed by atoms with Crippen molar-refractivity contribution >= 4 is 11.8 Å². The summed E-state index contributed by atoms with van der Waals surface area (Å²) in [6.45, 7) is 4.44. The first-order valence-corrected chi connectivity index (χ1v) is 8.27. The smallest absolute Gasteiger partial charge is 0.407 e. The molecule has 0 spiro atoms. The van der Waals surface area contributed by atoms with Gasteiger partial charge in [0, 0.05) is 5.69 Å². The number of quaternary nitrogens is 1. The van der Waals surface area contributed by atoms with E-state index in [4.69, 9.17) is 4.42 Å². The number of rotatable bonds is 5. The summed E-state index contributed by atoms with van der Waals surface area (Å²) in [5.74, 6) is 0.898. The molecule has 0 bridgehead atoms. The Kier molecular flexibility index (Phi) is 5.38. The molecule has 1 aromatic carbocycles. The van der Waals surface area contributed by atoms with Gasteiger partial charge in [-0.15, -0.1) is 0 Å². The van der Waals surface area contributed by atoms with E-state index in [-0.39, 0.29) is 6.04 Å². The molecule has 3 rings (SSSR count). The van der Waals surface area contributed by atoms with E-state index in [1.165, 1.54) is 17.7 Å². The monoisotopic (exact) mass is 330 g/mol. The van der Waals surface area contributed by atoms with Crippen molar-refractivity contribution in [2.75, 3.05) is 44.7 Å². The molecular formula is C18H24N3O3+. The number of piperazine rings is 1. The summed E-state index contributed by atoms with van der Waals surface area (Å²) in [7, 11) is 1.38. The maximum atomic E-state index is 11.4. The number of para-hydroxylation sites is 1. The van der Waals surface area contributed by atoms with E-state index >= 15 is 0 Å². The van der Waals surface area contributed by atoms with Gasteiger partial charge in [0.2, 0.25) is 0 Å². The Balaban J connectivity index is 1.63. The molecule has 2 aromatic rings. The van der Waals surface area contributed by atoms with Gasteiger partial charge >= 0.3 is 6.09 Å². The normalized spacial score (nSPS) is 16.6. The van der Waals surface area contributed by atoms with Crippen molar-refractivity contribution < 1.29 is 18.8 Å². The van der Waals surface area contributed by atoms with E-state index in [9.17, 15) is 4.79 Å². The number of furan rings is 1. The van der Waals surface area contributed by atoms with Gasteiger partial charge in [0.25, 0.3) is 0 Å². The van der Waals surface area contributed by atoms with Crippen molar-refractivity contribution in [3.63, 3.8) is 0 Å². The molecule has 1 amide bonds. The summed E-state index contributed by atoms with van der Waals surface area (Å²) in [4.78, 5) is 15.2. The maximum Gasteiger partial charge on any atom is 0.407 e. The van der Waals surface area contributed by atoms with Gasteiger partial charge in [-0.2, -0.15) is 0 Å². The van der Waals surface area contributed by atoms with Crippen LogP contribution in [0.1, 0.15) is 11.8 Å². The molecule has 1 fully saturated rings. The highest BCUT2D eigenvalue weighted by Crippen LogP contribution is 2.14. The third-order valence-electron chi connectivity index (χ3n) is 4.54. The summed E-state index contributed by atoms with van der Waals surface area (Å²) in [5.41, 5.74) is 1.26. The molecule has 1 saturated heterocycles. The van der Waals surface area contributed by atoms with Gasteiger partial charge in [0.1, 0.15) is 0 Å². The van der Waals surface area contributed by atoms with Crippen LogP contribution >= 0.6 is 0 Å². The number of nitrogens with one attached hydrogen (secondary N) is 2. The van der Waals surface area contributed by atoms with Gasteiger partial charge in [-0.3, -0.25) is 0 Å². The largest absolute Gasteiger partial charge is 0.463 e. The highest BCUT2D eigenvalue weighted by Gasteiger charge is 2.30. The Morgan fingerprint density at radius 3 is 2.62 bits per heavy atom. The third kappa shape index (κ3) is 3.89. The fourth-order valence-corrected chi connectivity index (χ4v) is 3.23. The van der Waals surface area contributed by atoms with Gasteiger partial charge < -0.3 is 24.3 Å². The van der Waals surface area contributed by atoms with E-state index in [1.54, 1.807) is 6.26 Å². The number of carbonyl (C=O) groups excluding carboxylic acids is 1. The first-order chi connectivity index (χ1) is 11.8. The van der Waals surface area contributed by atoms with E-state index < -0.39 is 6.09 Å². The van der Waals surface area contributed by atoms with Crippen molar-refractivity contribution in [3.05, 3.63) is 54.5 Å². The third-order valence-corrected chi connectivity index (χ3v) is 4.54. The fourth-order valence-electron chi connectivity index (χ4n) is 3.23.